The minimum Gasteiger partial charge on any atom is -0.326 e. The maximum atomic E-state index is 5.88. The smallest absolute Gasteiger partial charge is 0.111 e. The second kappa shape index (κ2) is 5.49. The van der Waals surface area contributed by atoms with Gasteiger partial charge in [0.2, 0.25) is 0 Å². The second-order valence-corrected chi connectivity index (χ2v) is 8.11. The molecular formula is C13H23N3S2. The Bertz CT molecular complexity index is 409. The zero-order valence-corrected chi connectivity index (χ0v) is 13.3. The van der Waals surface area contributed by atoms with Gasteiger partial charge in [-0.1, -0.05) is 20.8 Å². The van der Waals surface area contributed by atoms with Crippen LogP contribution in [0.25, 0.3) is 0 Å². The van der Waals surface area contributed by atoms with Crippen LogP contribution in [0.2, 0.25) is 0 Å². The average molecular weight is 285 g/mol. The minimum atomic E-state index is 0.0871. The maximum Gasteiger partial charge on any atom is 0.111 e. The molecule has 0 spiro atoms. The molecule has 0 radical (unpaired) electrons. The van der Waals surface area contributed by atoms with Gasteiger partial charge < -0.3 is 5.73 Å². The molecule has 1 unspecified atom stereocenters. The molecule has 1 aromatic heterocycles. The number of nitrogens with zero attached hydrogens (tertiary/aromatic N) is 2. The summed E-state index contributed by atoms with van der Waals surface area (Å²) in [6, 6.07) is 0.468. The fourth-order valence-corrected chi connectivity index (χ4v) is 4.83. The van der Waals surface area contributed by atoms with Gasteiger partial charge >= 0.3 is 0 Å². The molecule has 2 N–H and O–H groups in total. The maximum absolute atomic E-state index is 5.88. The summed E-state index contributed by atoms with van der Waals surface area (Å²) in [7, 11) is 2.20. The molecular weight excluding hydrogens is 262 g/mol. The highest BCUT2D eigenvalue weighted by Gasteiger charge is 2.28. The Morgan fingerprint density at radius 3 is 2.67 bits per heavy atom. The Kier molecular flexibility index (Phi) is 4.36. The highest BCUT2D eigenvalue weighted by Crippen LogP contribution is 2.36. The minimum absolute atomic E-state index is 0.0871. The summed E-state index contributed by atoms with van der Waals surface area (Å²) in [5.41, 5.74) is 7.15. The molecule has 0 saturated carbocycles. The van der Waals surface area contributed by atoms with E-state index in [-0.39, 0.29) is 5.41 Å². The first-order valence-electron chi connectivity index (χ1n) is 6.41. The van der Waals surface area contributed by atoms with E-state index in [0.717, 1.165) is 12.3 Å². The Balaban J connectivity index is 2.31. The van der Waals surface area contributed by atoms with Gasteiger partial charge in [0.25, 0.3) is 0 Å². The monoisotopic (exact) mass is 285 g/mol. The van der Waals surface area contributed by atoms with Crippen molar-refractivity contribution in [2.45, 2.75) is 38.8 Å². The van der Waals surface area contributed by atoms with E-state index >= 15 is 0 Å². The molecule has 0 aliphatic carbocycles. The first-order chi connectivity index (χ1) is 8.43. The van der Waals surface area contributed by atoms with Crippen LogP contribution in [-0.2, 0) is 12.0 Å². The number of thioether (sulfide) groups is 1. The zero-order chi connectivity index (χ0) is 13.3. The van der Waals surface area contributed by atoms with Crippen molar-refractivity contribution in [3.63, 3.8) is 0 Å². The molecule has 1 aromatic rings. The topological polar surface area (TPSA) is 42.2 Å². The molecule has 1 aliphatic heterocycles. The quantitative estimate of drug-likeness (QED) is 0.907. The Morgan fingerprint density at radius 1 is 1.44 bits per heavy atom. The molecule has 0 aromatic carbocycles. The summed E-state index contributed by atoms with van der Waals surface area (Å²) >= 11 is 3.83. The molecule has 2 heterocycles. The number of nitrogens with two attached hydrogens (primary N) is 1. The van der Waals surface area contributed by atoms with E-state index in [2.05, 4.69) is 32.7 Å². The summed E-state index contributed by atoms with van der Waals surface area (Å²) in [4.78, 5) is 8.58. The van der Waals surface area contributed by atoms with E-state index in [1.165, 1.54) is 21.3 Å². The normalized spacial score (nSPS) is 22.4. The summed E-state index contributed by atoms with van der Waals surface area (Å²) < 4.78 is 0. The third-order valence-electron chi connectivity index (χ3n) is 3.29. The van der Waals surface area contributed by atoms with Crippen molar-refractivity contribution in [2.24, 2.45) is 5.73 Å². The third-order valence-corrected chi connectivity index (χ3v) is 5.49. The van der Waals surface area contributed by atoms with Crippen molar-refractivity contribution in [1.29, 1.82) is 0 Å². The molecule has 5 heteroatoms. The predicted molar refractivity (Wildman–Crippen MR) is 81.4 cm³/mol. The van der Waals surface area contributed by atoms with Gasteiger partial charge in [-0.15, -0.1) is 11.3 Å². The van der Waals surface area contributed by atoms with E-state index < -0.39 is 0 Å². The number of hydrogen-bond acceptors (Lipinski definition) is 5. The van der Waals surface area contributed by atoms with Gasteiger partial charge in [0, 0.05) is 34.9 Å². The van der Waals surface area contributed by atoms with Gasteiger partial charge in [-0.2, -0.15) is 11.8 Å². The van der Waals surface area contributed by atoms with Crippen molar-refractivity contribution >= 4 is 23.1 Å². The van der Waals surface area contributed by atoms with E-state index in [9.17, 15) is 0 Å². The lowest BCUT2D eigenvalue weighted by molar-refractivity contribution is 0.273. The molecule has 1 aliphatic rings. The number of rotatable bonds is 2. The Labute approximate surface area is 118 Å². The largest absolute Gasteiger partial charge is 0.326 e. The zero-order valence-electron chi connectivity index (χ0n) is 11.7. The van der Waals surface area contributed by atoms with Crippen LogP contribution < -0.4 is 5.73 Å². The lowest BCUT2D eigenvalue weighted by atomic mass is 9.91. The lowest BCUT2D eigenvalue weighted by Crippen LogP contribution is -2.32. The van der Waals surface area contributed by atoms with Gasteiger partial charge in [-0.3, -0.25) is 4.90 Å². The van der Waals surface area contributed by atoms with Crippen LogP contribution in [0.15, 0.2) is 0 Å². The second-order valence-electron chi connectivity index (χ2n) is 5.85. The summed E-state index contributed by atoms with van der Waals surface area (Å²) in [6.45, 7) is 8.39. The molecule has 18 heavy (non-hydrogen) atoms. The van der Waals surface area contributed by atoms with Gasteiger partial charge in [0.05, 0.1) is 11.7 Å². The highest BCUT2D eigenvalue weighted by molar-refractivity contribution is 7.99. The van der Waals surface area contributed by atoms with Crippen molar-refractivity contribution in [3.8, 4) is 0 Å². The molecule has 1 fully saturated rings. The van der Waals surface area contributed by atoms with Crippen molar-refractivity contribution in [3.05, 3.63) is 15.6 Å². The summed E-state index contributed by atoms with van der Waals surface area (Å²) in [5.74, 6) is 2.38. The SMILES string of the molecule is CN1CCSCC1c1nc(C(C)(C)C)c(CN)s1. The number of aromatic nitrogens is 1. The number of hydrogen-bond donors (Lipinski definition) is 1. The lowest BCUT2D eigenvalue weighted by Gasteiger charge is -2.30. The molecule has 1 saturated heterocycles. The average Bonchev–Trinajstić information content (AvgIpc) is 2.73. The van der Waals surface area contributed by atoms with Crippen LogP contribution in [0.1, 0.15) is 42.4 Å². The van der Waals surface area contributed by atoms with Crippen LogP contribution in [0.5, 0.6) is 0 Å². The molecule has 0 amide bonds. The van der Waals surface area contributed by atoms with Crippen molar-refractivity contribution < 1.29 is 0 Å². The van der Waals surface area contributed by atoms with E-state index in [0.29, 0.717) is 12.6 Å². The van der Waals surface area contributed by atoms with Crippen LogP contribution in [-0.4, -0.2) is 35.0 Å². The van der Waals surface area contributed by atoms with Crippen LogP contribution in [0, 0.1) is 0 Å². The first kappa shape index (κ1) is 14.3. The van der Waals surface area contributed by atoms with E-state index in [1.54, 1.807) is 11.3 Å². The van der Waals surface area contributed by atoms with Gasteiger partial charge in [-0.25, -0.2) is 4.98 Å². The van der Waals surface area contributed by atoms with E-state index in [1.807, 2.05) is 11.8 Å². The third kappa shape index (κ3) is 2.90. The Hall–Kier alpha value is -0.100. The first-order valence-corrected chi connectivity index (χ1v) is 8.38. The summed E-state index contributed by atoms with van der Waals surface area (Å²) in [6.07, 6.45) is 0. The van der Waals surface area contributed by atoms with Crippen LogP contribution in [0.4, 0.5) is 0 Å². The van der Waals surface area contributed by atoms with Crippen LogP contribution >= 0.6 is 23.1 Å². The van der Waals surface area contributed by atoms with Gasteiger partial charge in [0.15, 0.2) is 0 Å². The fourth-order valence-electron chi connectivity index (χ4n) is 2.18. The van der Waals surface area contributed by atoms with Crippen molar-refractivity contribution in [2.75, 3.05) is 25.1 Å². The van der Waals surface area contributed by atoms with E-state index in [4.69, 9.17) is 10.7 Å². The molecule has 0 bridgehead atoms. The fraction of sp³-hybridized carbons (Fsp3) is 0.769. The number of thiazole rings is 1. The Morgan fingerprint density at radius 2 is 2.17 bits per heavy atom. The molecule has 1 atom stereocenters. The predicted octanol–water partition coefficient (Wildman–Crippen LogP) is 2.62. The molecule has 102 valence electrons. The molecule has 3 nitrogen and oxygen atoms in total. The van der Waals surface area contributed by atoms with Gasteiger partial charge in [0.1, 0.15) is 5.01 Å². The van der Waals surface area contributed by atoms with Crippen molar-refractivity contribution in [1.82, 2.24) is 9.88 Å². The van der Waals surface area contributed by atoms with Crippen LogP contribution in [0.3, 0.4) is 0 Å². The summed E-state index contributed by atoms with van der Waals surface area (Å²) in [5, 5.41) is 1.25. The molecule has 2 rings (SSSR count). The standard InChI is InChI=1S/C13H23N3S2/c1-13(2,3)11-10(7-14)18-12(15-11)9-8-17-6-5-16(9)4/h9H,5-8,14H2,1-4H3. The highest BCUT2D eigenvalue weighted by atomic mass is 32.2. The van der Waals surface area contributed by atoms with Gasteiger partial charge in [-0.05, 0) is 7.05 Å².